The van der Waals surface area contributed by atoms with Crippen molar-refractivity contribution in [2.24, 2.45) is 7.05 Å². The van der Waals surface area contributed by atoms with Gasteiger partial charge in [0, 0.05) is 7.05 Å². The number of imidazole rings is 1. The first kappa shape index (κ1) is 16.1. The van der Waals surface area contributed by atoms with Crippen molar-refractivity contribution in [3.63, 3.8) is 0 Å². The molecule has 0 bridgehead atoms. The topological polar surface area (TPSA) is 56.7 Å². The first-order chi connectivity index (χ1) is 12.2. The van der Waals surface area contributed by atoms with Gasteiger partial charge >= 0.3 is 0 Å². The maximum Gasteiger partial charge on any atom is 0.240 e. The smallest absolute Gasteiger partial charge is 0.240 e. The van der Waals surface area contributed by atoms with Gasteiger partial charge in [0.05, 0.1) is 22.0 Å². The molecule has 3 heterocycles. The van der Waals surface area contributed by atoms with Gasteiger partial charge in [0.15, 0.2) is 5.16 Å². The maximum atomic E-state index is 5.44. The summed E-state index contributed by atoms with van der Waals surface area (Å²) in [5.74, 6) is 1.25. The van der Waals surface area contributed by atoms with Crippen molar-refractivity contribution in [1.82, 2.24) is 19.7 Å². The normalized spacial score (nSPS) is 12.4. The molecule has 0 unspecified atom stereocenters. The fourth-order valence-electron chi connectivity index (χ4n) is 2.49. The standard InChI is InChI=1S/C18H16N4OS2/c1-12(17-20-16(21-23-17)15-9-6-10-24-15)25-18-19-11-14(22(18)2)13-7-4-3-5-8-13/h3-12H,1-2H3/t12-/m1/s1. The Kier molecular flexibility index (Phi) is 4.42. The molecule has 1 aromatic carbocycles. The van der Waals surface area contributed by atoms with E-state index in [1.807, 2.05) is 55.9 Å². The third-order valence-corrected chi connectivity index (χ3v) is 5.84. The molecule has 1 atom stereocenters. The summed E-state index contributed by atoms with van der Waals surface area (Å²) < 4.78 is 7.53. The molecule has 0 aliphatic carbocycles. The zero-order valence-electron chi connectivity index (χ0n) is 13.8. The number of thiophene rings is 1. The summed E-state index contributed by atoms with van der Waals surface area (Å²) in [4.78, 5) is 10.1. The number of aromatic nitrogens is 4. The molecule has 5 nitrogen and oxygen atoms in total. The lowest BCUT2D eigenvalue weighted by molar-refractivity contribution is 0.380. The number of hydrogen-bond donors (Lipinski definition) is 0. The van der Waals surface area contributed by atoms with Crippen LogP contribution in [0, 0.1) is 0 Å². The monoisotopic (exact) mass is 368 g/mol. The third kappa shape index (κ3) is 3.25. The van der Waals surface area contributed by atoms with Gasteiger partial charge < -0.3 is 9.09 Å². The molecule has 0 fully saturated rings. The van der Waals surface area contributed by atoms with Crippen LogP contribution >= 0.6 is 23.1 Å². The summed E-state index contributed by atoms with van der Waals surface area (Å²) in [6, 6.07) is 14.2. The average Bonchev–Trinajstić information content (AvgIpc) is 3.37. The van der Waals surface area contributed by atoms with Gasteiger partial charge in [0.1, 0.15) is 0 Å². The molecule has 4 rings (SSSR count). The molecular formula is C18H16N4OS2. The summed E-state index contributed by atoms with van der Waals surface area (Å²) in [7, 11) is 2.02. The second-order valence-electron chi connectivity index (χ2n) is 5.54. The number of benzene rings is 1. The first-order valence-electron chi connectivity index (χ1n) is 7.83. The fraction of sp³-hybridized carbons (Fsp3) is 0.167. The fourth-order valence-corrected chi connectivity index (χ4v) is 4.03. The molecule has 0 amide bonds. The number of rotatable bonds is 5. The summed E-state index contributed by atoms with van der Waals surface area (Å²) in [5.41, 5.74) is 2.23. The zero-order chi connectivity index (χ0) is 17.2. The summed E-state index contributed by atoms with van der Waals surface area (Å²) >= 11 is 3.21. The third-order valence-electron chi connectivity index (χ3n) is 3.83. The van der Waals surface area contributed by atoms with E-state index in [1.54, 1.807) is 23.1 Å². The van der Waals surface area contributed by atoms with Gasteiger partial charge in [0.25, 0.3) is 0 Å². The predicted molar refractivity (Wildman–Crippen MR) is 101 cm³/mol. The molecule has 0 spiro atoms. The highest BCUT2D eigenvalue weighted by Crippen LogP contribution is 2.35. The molecule has 0 saturated carbocycles. The van der Waals surface area contributed by atoms with Crippen LogP contribution in [0.4, 0.5) is 0 Å². The Hall–Kier alpha value is -2.38. The van der Waals surface area contributed by atoms with Gasteiger partial charge in [-0.15, -0.1) is 11.3 Å². The molecule has 7 heteroatoms. The van der Waals surface area contributed by atoms with Crippen molar-refractivity contribution < 1.29 is 4.52 Å². The Balaban J connectivity index is 1.54. The number of nitrogens with zero attached hydrogens (tertiary/aromatic N) is 4. The van der Waals surface area contributed by atoms with Gasteiger partial charge in [-0.1, -0.05) is 53.3 Å². The highest BCUT2D eigenvalue weighted by atomic mass is 32.2. The number of thioether (sulfide) groups is 1. The van der Waals surface area contributed by atoms with E-state index in [1.165, 1.54) is 0 Å². The van der Waals surface area contributed by atoms with Crippen LogP contribution in [0.2, 0.25) is 0 Å². The van der Waals surface area contributed by atoms with Crippen molar-refractivity contribution in [2.45, 2.75) is 17.3 Å². The van der Waals surface area contributed by atoms with E-state index in [2.05, 4.69) is 31.8 Å². The minimum atomic E-state index is 0.0194. The molecule has 0 aliphatic rings. The second-order valence-corrected chi connectivity index (χ2v) is 7.80. The maximum absolute atomic E-state index is 5.44. The lowest BCUT2D eigenvalue weighted by Gasteiger charge is -2.08. The molecule has 0 radical (unpaired) electrons. The Morgan fingerprint density at radius 2 is 2.00 bits per heavy atom. The average molecular weight is 368 g/mol. The summed E-state index contributed by atoms with van der Waals surface area (Å²) in [6.07, 6.45) is 1.90. The minimum Gasteiger partial charge on any atom is -0.338 e. The largest absolute Gasteiger partial charge is 0.338 e. The van der Waals surface area contributed by atoms with Crippen molar-refractivity contribution in [3.05, 3.63) is 59.9 Å². The predicted octanol–water partition coefficient (Wildman–Crippen LogP) is 5.05. The Morgan fingerprint density at radius 1 is 1.16 bits per heavy atom. The summed E-state index contributed by atoms with van der Waals surface area (Å²) in [5, 5.41) is 7.02. The lowest BCUT2D eigenvalue weighted by atomic mass is 10.2. The molecule has 126 valence electrons. The SMILES string of the molecule is C[C@@H](Sc1ncc(-c2ccccc2)n1C)c1nc(-c2cccs2)no1. The molecular weight excluding hydrogens is 352 g/mol. The van der Waals surface area contributed by atoms with Crippen LogP contribution in [0.1, 0.15) is 18.1 Å². The van der Waals surface area contributed by atoms with E-state index in [-0.39, 0.29) is 5.25 Å². The van der Waals surface area contributed by atoms with Crippen LogP contribution < -0.4 is 0 Å². The van der Waals surface area contributed by atoms with E-state index in [0.29, 0.717) is 11.7 Å². The van der Waals surface area contributed by atoms with Gasteiger partial charge in [-0.2, -0.15) is 4.98 Å². The van der Waals surface area contributed by atoms with Crippen LogP contribution in [0.3, 0.4) is 0 Å². The molecule has 25 heavy (non-hydrogen) atoms. The van der Waals surface area contributed by atoms with E-state index in [4.69, 9.17) is 4.52 Å². The van der Waals surface area contributed by atoms with Crippen molar-refractivity contribution in [2.75, 3.05) is 0 Å². The molecule has 0 N–H and O–H groups in total. The van der Waals surface area contributed by atoms with Crippen LogP contribution in [0.25, 0.3) is 22.0 Å². The van der Waals surface area contributed by atoms with Crippen LogP contribution in [0.5, 0.6) is 0 Å². The summed E-state index contributed by atoms with van der Waals surface area (Å²) in [6.45, 7) is 2.05. The van der Waals surface area contributed by atoms with E-state index in [9.17, 15) is 0 Å². The van der Waals surface area contributed by atoms with E-state index < -0.39 is 0 Å². The van der Waals surface area contributed by atoms with E-state index in [0.717, 1.165) is 21.3 Å². The Labute approximate surface area is 153 Å². The van der Waals surface area contributed by atoms with E-state index >= 15 is 0 Å². The van der Waals surface area contributed by atoms with Crippen LogP contribution in [-0.2, 0) is 7.05 Å². The highest BCUT2D eigenvalue weighted by molar-refractivity contribution is 7.99. The van der Waals surface area contributed by atoms with Crippen LogP contribution in [0.15, 0.2) is 63.7 Å². The van der Waals surface area contributed by atoms with Gasteiger partial charge in [-0.05, 0) is 23.9 Å². The zero-order valence-corrected chi connectivity index (χ0v) is 15.4. The van der Waals surface area contributed by atoms with Gasteiger partial charge in [0.2, 0.25) is 11.7 Å². The Morgan fingerprint density at radius 3 is 2.76 bits per heavy atom. The van der Waals surface area contributed by atoms with Gasteiger partial charge in [-0.3, -0.25) is 0 Å². The Bertz CT molecular complexity index is 960. The van der Waals surface area contributed by atoms with Crippen molar-refractivity contribution in [3.8, 4) is 22.0 Å². The molecule has 3 aromatic heterocycles. The molecule has 0 saturated heterocycles. The number of hydrogen-bond acceptors (Lipinski definition) is 6. The highest BCUT2D eigenvalue weighted by Gasteiger charge is 2.19. The molecule has 4 aromatic rings. The van der Waals surface area contributed by atoms with Gasteiger partial charge in [-0.25, -0.2) is 4.98 Å². The quantitative estimate of drug-likeness (QED) is 0.461. The molecule has 0 aliphatic heterocycles. The van der Waals surface area contributed by atoms with Crippen molar-refractivity contribution in [1.29, 1.82) is 0 Å². The second kappa shape index (κ2) is 6.85. The first-order valence-corrected chi connectivity index (χ1v) is 9.59. The minimum absolute atomic E-state index is 0.0194. The lowest BCUT2D eigenvalue weighted by Crippen LogP contribution is -1.97. The van der Waals surface area contributed by atoms with Crippen LogP contribution in [-0.4, -0.2) is 19.7 Å². The van der Waals surface area contributed by atoms with Crippen molar-refractivity contribution >= 4 is 23.1 Å².